The lowest BCUT2D eigenvalue weighted by molar-refractivity contribution is -0.133. The predicted octanol–water partition coefficient (Wildman–Crippen LogP) is 1.76. The molecule has 0 unspecified atom stereocenters. The number of hydrogen-bond acceptors (Lipinski definition) is 2. The number of Topliss-reactive ketones (excluding diaryl/α,β-unsaturated/α-hetero) is 1. The lowest BCUT2D eigenvalue weighted by Crippen LogP contribution is -2.37. The predicted molar refractivity (Wildman–Crippen MR) is 55.1 cm³/mol. The molecule has 0 aromatic heterocycles. The van der Waals surface area contributed by atoms with Crippen LogP contribution in [0.25, 0.3) is 0 Å². The van der Waals surface area contributed by atoms with Crippen LogP contribution in [0, 0.1) is 11.8 Å². The number of carbonyl (C=O) groups excluding carboxylic acids is 2. The van der Waals surface area contributed by atoms with E-state index in [4.69, 9.17) is 0 Å². The van der Waals surface area contributed by atoms with E-state index in [1.807, 2.05) is 0 Å². The fourth-order valence-electron chi connectivity index (χ4n) is 1.92. The molecule has 16 heavy (non-hydrogen) atoms. The van der Waals surface area contributed by atoms with Gasteiger partial charge >= 0.3 is 0 Å². The third-order valence-electron chi connectivity index (χ3n) is 3.07. The SMILES string of the molecule is CC1CCC(C(=O)NCC(=O)C(F)F)CC1. The maximum absolute atomic E-state index is 11.9. The van der Waals surface area contributed by atoms with Gasteiger partial charge in [0.15, 0.2) is 0 Å². The Morgan fingerprint density at radius 2 is 1.81 bits per heavy atom. The summed E-state index contributed by atoms with van der Waals surface area (Å²) in [5.74, 6) is -0.966. The first kappa shape index (κ1) is 13.1. The zero-order valence-corrected chi connectivity index (χ0v) is 9.34. The van der Waals surface area contributed by atoms with E-state index in [1.165, 1.54) is 0 Å². The highest BCUT2D eigenvalue weighted by Crippen LogP contribution is 2.28. The first-order chi connectivity index (χ1) is 7.50. The topological polar surface area (TPSA) is 46.2 Å². The molecule has 0 atom stereocenters. The highest BCUT2D eigenvalue weighted by molar-refractivity contribution is 5.88. The summed E-state index contributed by atoms with van der Waals surface area (Å²) in [5, 5.41) is 2.28. The number of halogens is 2. The van der Waals surface area contributed by atoms with Crippen LogP contribution < -0.4 is 5.32 Å². The Morgan fingerprint density at radius 3 is 2.31 bits per heavy atom. The molecule has 0 aliphatic heterocycles. The summed E-state index contributed by atoms with van der Waals surface area (Å²) in [6, 6.07) is 0. The molecule has 0 aromatic rings. The lowest BCUT2D eigenvalue weighted by atomic mass is 9.82. The third-order valence-corrected chi connectivity index (χ3v) is 3.07. The Bertz CT molecular complexity index is 261. The Morgan fingerprint density at radius 1 is 1.25 bits per heavy atom. The molecule has 1 fully saturated rings. The molecule has 1 rings (SSSR count). The number of ketones is 1. The van der Waals surface area contributed by atoms with Crippen LogP contribution in [0.5, 0.6) is 0 Å². The molecule has 1 amide bonds. The summed E-state index contributed by atoms with van der Waals surface area (Å²) in [5.41, 5.74) is 0. The van der Waals surface area contributed by atoms with Crippen molar-refractivity contribution in [3.05, 3.63) is 0 Å². The van der Waals surface area contributed by atoms with Crippen LogP contribution in [-0.2, 0) is 9.59 Å². The molecule has 0 saturated heterocycles. The van der Waals surface area contributed by atoms with E-state index in [2.05, 4.69) is 12.2 Å². The lowest BCUT2D eigenvalue weighted by Gasteiger charge is -2.25. The molecule has 1 N–H and O–H groups in total. The number of amides is 1. The zero-order chi connectivity index (χ0) is 12.1. The smallest absolute Gasteiger partial charge is 0.297 e. The van der Waals surface area contributed by atoms with Gasteiger partial charge in [-0.2, -0.15) is 0 Å². The van der Waals surface area contributed by atoms with Crippen molar-refractivity contribution in [2.75, 3.05) is 6.54 Å². The van der Waals surface area contributed by atoms with Crippen molar-refractivity contribution in [2.45, 2.75) is 39.0 Å². The monoisotopic (exact) mass is 233 g/mol. The van der Waals surface area contributed by atoms with Crippen LogP contribution in [0.15, 0.2) is 0 Å². The minimum absolute atomic E-state index is 0.110. The van der Waals surface area contributed by atoms with Crippen molar-refractivity contribution < 1.29 is 18.4 Å². The fraction of sp³-hybridized carbons (Fsp3) is 0.818. The van der Waals surface area contributed by atoms with Gasteiger partial charge < -0.3 is 5.32 Å². The van der Waals surface area contributed by atoms with Crippen LogP contribution in [-0.4, -0.2) is 24.7 Å². The minimum atomic E-state index is -2.99. The van der Waals surface area contributed by atoms with E-state index in [0.717, 1.165) is 25.7 Å². The second-order valence-electron chi connectivity index (χ2n) is 4.44. The van der Waals surface area contributed by atoms with Gasteiger partial charge in [-0.05, 0) is 31.6 Å². The van der Waals surface area contributed by atoms with E-state index in [-0.39, 0.29) is 11.8 Å². The van der Waals surface area contributed by atoms with E-state index >= 15 is 0 Å². The standard InChI is InChI=1S/C11H17F2NO2/c1-7-2-4-8(5-3-7)11(16)14-6-9(15)10(12)13/h7-8,10H,2-6H2,1H3,(H,14,16). The Hall–Kier alpha value is -1.00. The highest BCUT2D eigenvalue weighted by atomic mass is 19.3. The van der Waals surface area contributed by atoms with Gasteiger partial charge in [-0.25, -0.2) is 8.78 Å². The van der Waals surface area contributed by atoms with Crippen LogP contribution >= 0.6 is 0 Å². The average Bonchev–Trinajstić information content (AvgIpc) is 2.26. The second-order valence-corrected chi connectivity index (χ2v) is 4.44. The average molecular weight is 233 g/mol. The van der Waals surface area contributed by atoms with E-state index in [1.54, 1.807) is 0 Å². The van der Waals surface area contributed by atoms with Crippen LogP contribution in [0.1, 0.15) is 32.6 Å². The summed E-state index contributed by atoms with van der Waals surface area (Å²) in [6.45, 7) is 1.58. The van der Waals surface area contributed by atoms with E-state index < -0.39 is 18.8 Å². The van der Waals surface area contributed by atoms with E-state index in [0.29, 0.717) is 5.92 Å². The Labute approximate surface area is 93.6 Å². The van der Waals surface area contributed by atoms with Gasteiger partial charge in [0.1, 0.15) is 0 Å². The van der Waals surface area contributed by atoms with Gasteiger partial charge in [0, 0.05) is 5.92 Å². The first-order valence-electron chi connectivity index (χ1n) is 5.59. The van der Waals surface area contributed by atoms with Gasteiger partial charge in [-0.15, -0.1) is 0 Å². The van der Waals surface area contributed by atoms with Crippen molar-refractivity contribution in [1.82, 2.24) is 5.32 Å². The summed E-state index contributed by atoms with van der Waals surface area (Å²) in [6.07, 6.45) is 0.555. The molecule has 0 spiro atoms. The molecule has 92 valence electrons. The highest BCUT2D eigenvalue weighted by Gasteiger charge is 2.25. The van der Waals surface area contributed by atoms with Crippen molar-refractivity contribution >= 4 is 11.7 Å². The van der Waals surface area contributed by atoms with Gasteiger partial charge in [0.2, 0.25) is 11.7 Å². The van der Waals surface area contributed by atoms with Crippen LogP contribution in [0.2, 0.25) is 0 Å². The Kier molecular flexibility index (Phi) is 4.83. The van der Waals surface area contributed by atoms with Crippen LogP contribution in [0.4, 0.5) is 8.78 Å². The van der Waals surface area contributed by atoms with Crippen molar-refractivity contribution in [3.63, 3.8) is 0 Å². The summed E-state index contributed by atoms with van der Waals surface area (Å²) in [7, 11) is 0. The molecule has 0 radical (unpaired) electrons. The number of hydrogen-bond donors (Lipinski definition) is 1. The zero-order valence-electron chi connectivity index (χ0n) is 9.34. The normalized spacial score (nSPS) is 25.5. The van der Waals surface area contributed by atoms with Crippen molar-refractivity contribution in [2.24, 2.45) is 11.8 Å². The number of carbonyl (C=O) groups is 2. The first-order valence-corrected chi connectivity index (χ1v) is 5.59. The van der Waals surface area contributed by atoms with Crippen LogP contribution in [0.3, 0.4) is 0 Å². The number of nitrogens with one attached hydrogen (secondary N) is 1. The number of rotatable bonds is 4. The minimum Gasteiger partial charge on any atom is -0.349 e. The third kappa shape index (κ3) is 3.87. The maximum Gasteiger partial charge on any atom is 0.297 e. The molecular formula is C11H17F2NO2. The molecule has 0 heterocycles. The fourth-order valence-corrected chi connectivity index (χ4v) is 1.92. The van der Waals surface area contributed by atoms with Gasteiger partial charge in [-0.1, -0.05) is 6.92 Å². The molecule has 3 nitrogen and oxygen atoms in total. The molecule has 0 aromatic carbocycles. The number of alkyl halides is 2. The van der Waals surface area contributed by atoms with Crippen molar-refractivity contribution in [3.8, 4) is 0 Å². The molecule has 1 aliphatic carbocycles. The van der Waals surface area contributed by atoms with Crippen molar-refractivity contribution in [1.29, 1.82) is 0 Å². The molecule has 0 bridgehead atoms. The van der Waals surface area contributed by atoms with Gasteiger partial charge in [0.05, 0.1) is 6.54 Å². The summed E-state index contributed by atoms with van der Waals surface area (Å²) in [4.78, 5) is 22.1. The van der Waals surface area contributed by atoms with Gasteiger partial charge in [-0.3, -0.25) is 9.59 Å². The summed E-state index contributed by atoms with van der Waals surface area (Å²) < 4.78 is 23.7. The molecule has 1 aliphatic rings. The Balaban J connectivity index is 2.27. The molecule has 1 saturated carbocycles. The molecule has 5 heteroatoms. The summed E-state index contributed by atoms with van der Waals surface area (Å²) >= 11 is 0. The van der Waals surface area contributed by atoms with Gasteiger partial charge in [0.25, 0.3) is 6.43 Å². The second kappa shape index (κ2) is 5.92. The van der Waals surface area contributed by atoms with E-state index in [9.17, 15) is 18.4 Å². The maximum atomic E-state index is 11.9. The largest absolute Gasteiger partial charge is 0.349 e. The molecular weight excluding hydrogens is 216 g/mol. The quantitative estimate of drug-likeness (QED) is 0.804.